The standard InChI is InChI=1S/C28H30N2O5/c1-19(2)25(30-28(34)35-18-21-9-5-3-6-10-21)26(31)29-24(27(32)33)17-20-13-15-23(16-14-20)22-11-7-4-8-12-22/h3-16,19,24-25H,17-18H2,1-2H3,(H,29,31)(H,30,34)(H,32,33)/t24-,25-/m1/s1. The number of carboxylic acid groups (broad SMARTS) is 1. The van der Waals surface area contributed by atoms with Crippen LogP contribution in [0.5, 0.6) is 0 Å². The maximum absolute atomic E-state index is 12.9. The van der Waals surface area contributed by atoms with E-state index in [4.69, 9.17) is 4.74 Å². The van der Waals surface area contributed by atoms with Crippen molar-refractivity contribution in [2.45, 2.75) is 39.0 Å². The number of benzene rings is 3. The van der Waals surface area contributed by atoms with Gasteiger partial charge in [-0.25, -0.2) is 9.59 Å². The number of amides is 2. The second-order valence-corrected chi connectivity index (χ2v) is 8.59. The molecule has 0 saturated heterocycles. The second kappa shape index (κ2) is 12.4. The van der Waals surface area contributed by atoms with Crippen LogP contribution in [0.1, 0.15) is 25.0 Å². The minimum atomic E-state index is -1.15. The number of carbonyl (C=O) groups excluding carboxylic acids is 2. The number of alkyl carbamates (subject to hydrolysis) is 1. The van der Waals surface area contributed by atoms with Gasteiger partial charge in [0.2, 0.25) is 5.91 Å². The lowest BCUT2D eigenvalue weighted by atomic mass is 9.99. The minimum absolute atomic E-state index is 0.0653. The third-order valence-electron chi connectivity index (χ3n) is 5.55. The Morgan fingerprint density at radius 3 is 1.91 bits per heavy atom. The van der Waals surface area contributed by atoms with Crippen molar-refractivity contribution in [3.05, 3.63) is 96.1 Å². The number of rotatable bonds is 10. The van der Waals surface area contributed by atoms with Crippen molar-refractivity contribution >= 4 is 18.0 Å². The van der Waals surface area contributed by atoms with Crippen LogP contribution in [0.2, 0.25) is 0 Å². The van der Waals surface area contributed by atoms with E-state index in [1.54, 1.807) is 13.8 Å². The van der Waals surface area contributed by atoms with Crippen LogP contribution in [0.3, 0.4) is 0 Å². The monoisotopic (exact) mass is 474 g/mol. The zero-order valence-corrected chi connectivity index (χ0v) is 19.8. The minimum Gasteiger partial charge on any atom is -0.480 e. The molecule has 0 aromatic heterocycles. The Labute approximate surface area is 205 Å². The highest BCUT2D eigenvalue weighted by molar-refractivity contribution is 5.89. The lowest BCUT2D eigenvalue weighted by molar-refractivity contribution is -0.142. The largest absolute Gasteiger partial charge is 0.480 e. The number of hydrogen-bond donors (Lipinski definition) is 3. The van der Waals surface area contributed by atoms with Crippen molar-refractivity contribution in [1.29, 1.82) is 0 Å². The molecular formula is C28H30N2O5. The van der Waals surface area contributed by atoms with Crippen LogP contribution in [0, 0.1) is 5.92 Å². The quantitative estimate of drug-likeness (QED) is 0.404. The van der Waals surface area contributed by atoms with Gasteiger partial charge in [-0.2, -0.15) is 0 Å². The molecule has 0 aliphatic carbocycles. The number of aliphatic carboxylic acids is 1. The highest BCUT2D eigenvalue weighted by atomic mass is 16.5. The fourth-order valence-corrected chi connectivity index (χ4v) is 3.59. The molecule has 182 valence electrons. The summed E-state index contributed by atoms with van der Waals surface area (Å²) < 4.78 is 5.21. The SMILES string of the molecule is CC(C)[C@@H](NC(=O)OCc1ccccc1)C(=O)N[C@H](Cc1ccc(-c2ccccc2)cc1)C(=O)O. The van der Waals surface area contributed by atoms with Crippen molar-refractivity contribution in [2.24, 2.45) is 5.92 Å². The summed E-state index contributed by atoms with van der Waals surface area (Å²) in [6.45, 7) is 3.59. The van der Waals surface area contributed by atoms with Crippen LogP contribution in [-0.2, 0) is 27.4 Å². The van der Waals surface area contributed by atoms with Gasteiger partial charge in [-0.15, -0.1) is 0 Å². The molecule has 2 amide bonds. The highest BCUT2D eigenvalue weighted by Gasteiger charge is 2.29. The summed E-state index contributed by atoms with van der Waals surface area (Å²) in [5.74, 6) is -2.01. The van der Waals surface area contributed by atoms with E-state index >= 15 is 0 Å². The van der Waals surface area contributed by atoms with Gasteiger partial charge in [-0.3, -0.25) is 4.79 Å². The molecule has 0 heterocycles. The Balaban J connectivity index is 1.60. The van der Waals surface area contributed by atoms with Gasteiger partial charge in [0.25, 0.3) is 0 Å². The molecule has 0 saturated carbocycles. The Hall–Kier alpha value is -4.13. The molecule has 7 nitrogen and oxygen atoms in total. The van der Waals surface area contributed by atoms with Crippen LogP contribution in [0.25, 0.3) is 11.1 Å². The summed E-state index contributed by atoms with van der Waals surface area (Å²) in [5, 5.41) is 14.8. The molecule has 3 aromatic rings. The fourth-order valence-electron chi connectivity index (χ4n) is 3.59. The van der Waals surface area contributed by atoms with Gasteiger partial charge < -0.3 is 20.5 Å². The van der Waals surface area contributed by atoms with Gasteiger partial charge in [-0.05, 0) is 28.2 Å². The van der Waals surface area contributed by atoms with Crippen molar-refractivity contribution in [3.8, 4) is 11.1 Å². The molecule has 0 aliphatic heterocycles. The van der Waals surface area contributed by atoms with Crippen molar-refractivity contribution < 1.29 is 24.2 Å². The van der Waals surface area contributed by atoms with E-state index in [1.807, 2.05) is 84.9 Å². The highest BCUT2D eigenvalue weighted by Crippen LogP contribution is 2.20. The Kier molecular flexibility index (Phi) is 9.01. The van der Waals surface area contributed by atoms with Gasteiger partial charge in [-0.1, -0.05) is 98.8 Å². The molecule has 0 bridgehead atoms. The fraction of sp³-hybridized carbons (Fsp3) is 0.250. The molecule has 2 atom stereocenters. The zero-order valence-electron chi connectivity index (χ0n) is 19.8. The predicted molar refractivity (Wildman–Crippen MR) is 134 cm³/mol. The Morgan fingerprint density at radius 2 is 1.34 bits per heavy atom. The molecule has 0 fully saturated rings. The lowest BCUT2D eigenvalue weighted by Crippen LogP contribution is -2.54. The summed E-state index contributed by atoms with van der Waals surface area (Å²) in [7, 11) is 0. The Bertz CT molecular complexity index is 1120. The van der Waals surface area contributed by atoms with Gasteiger partial charge >= 0.3 is 12.1 Å². The molecule has 0 spiro atoms. The van der Waals surface area contributed by atoms with E-state index in [-0.39, 0.29) is 18.9 Å². The van der Waals surface area contributed by atoms with Crippen LogP contribution < -0.4 is 10.6 Å². The first kappa shape index (κ1) is 25.5. The first-order valence-corrected chi connectivity index (χ1v) is 11.5. The maximum Gasteiger partial charge on any atom is 0.408 e. The average molecular weight is 475 g/mol. The smallest absolute Gasteiger partial charge is 0.408 e. The molecule has 0 radical (unpaired) electrons. The normalized spacial score (nSPS) is 12.4. The summed E-state index contributed by atoms with van der Waals surface area (Å²) in [6, 6.07) is 24.5. The number of ether oxygens (including phenoxy) is 1. The zero-order chi connectivity index (χ0) is 25.2. The van der Waals surface area contributed by atoms with Crippen LogP contribution in [0.15, 0.2) is 84.9 Å². The summed E-state index contributed by atoms with van der Waals surface area (Å²) in [5.41, 5.74) is 3.67. The van der Waals surface area contributed by atoms with E-state index in [1.165, 1.54) is 0 Å². The van der Waals surface area contributed by atoms with E-state index in [0.717, 1.165) is 22.3 Å². The van der Waals surface area contributed by atoms with Crippen LogP contribution in [0.4, 0.5) is 4.79 Å². The number of carboxylic acids is 1. The third kappa shape index (κ3) is 7.71. The number of nitrogens with one attached hydrogen (secondary N) is 2. The van der Waals surface area contributed by atoms with Crippen LogP contribution >= 0.6 is 0 Å². The predicted octanol–water partition coefficient (Wildman–Crippen LogP) is 4.42. The van der Waals surface area contributed by atoms with Crippen LogP contribution in [-0.4, -0.2) is 35.2 Å². The third-order valence-corrected chi connectivity index (χ3v) is 5.55. The number of hydrogen-bond acceptors (Lipinski definition) is 4. The van der Waals surface area contributed by atoms with Crippen molar-refractivity contribution in [1.82, 2.24) is 10.6 Å². The van der Waals surface area contributed by atoms with Crippen molar-refractivity contribution in [3.63, 3.8) is 0 Å². The molecular weight excluding hydrogens is 444 g/mol. The lowest BCUT2D eigenvalue weighted by Gasteiger charge is -2.24. The first-order valence-electron chi connectivity index (χ1n) is 11.5. The molecule has 0 unspecified atom stereocenters. The van der Waals surface area contributed by atoms with Crippen molar-refractivity contribution in [2.75, 3.05) is 0 Å². The summed E-state index contributed by atoms with van der Waals surface area (Å²) in [4.78, 5) is 37.0. The topological polar surface area (TPSA) is 105 Å². The molecule has 3 aromatic carbocycles. The maximum atomic E-state index is 12.9. The Morgan fingerprint density at radius 1 is 0.771 bits per heavy atom. The van der Waals surface area contributed by atoms with E-state index in [9.17, 15) is 19.5 Å². The van der Waals surface area contributed by atoms with E-state index in [0.29, 0.717) is 0 Å². The number of carbonyl (C=O) groups is 3. The van der Waals surface area contributed by atoms with E-state index < -0.39 is 30.1 Å². The molecule has 0 aliphatic rings. The molecule has 3 rings (SSSR count). The van der Waals surface area contributed by atoms with Gasteiger partial charge in [0.05, 0.1) is 0 Å². The van der Waals surface area contributed by atoms with Gasteiger partial charge in [0.1, 0.15) is 18.7 Å². The van der Waals surface area contributed by atoms with Gasteiger partial charge in [0, 0.05) is 6.42 Å². The van der Waals surface area contributed by atoms with E-state index in [2.05, 4.69) is 10.6 Å². The average Bonchev–Trinajstić information content (AvgIpc) is 2.87. The second-order valence-electron chi connectivity index (χ2n) is 8.59. The van der Waals surface area contributed by atoms with Gasteiger partial charge in [0.15, 0.2) is 0 Å². The molecule has 3 N–H and O–H groups in total. The first-order chi connectivity index (χ1) is 16.8. The molecule has 7 heteroatoms. The summed E-state index contributed by atoms with van der Waals surface area (Å²) >= 11 is 0. The summed E-state index contributed by atoms with van der Waals surface area (Å²) in [6.07, 6.45) is -0.634. The molecule has 35 heavy (non-hydrogen) atoms.